The SMILES string of the molecule is Cl.[Pd][CH2]C1=CCCC=CCC1. The minimum atomic E-state index is 0. The van der Waals surface area contributed by atoms with Crippen LogP contribution in [0.3, 0.4) is 0 Å². The molecule has 0 aromatic rings. The Morgan fingerprint density at radius 3 is 2.64 bits per heavy atom. The fourth-order valence-electron chi connectivity index (χ4n) is 1.09. The van der Waals surface area contributed by atoms with E-state index in [0.29, 0.717) is 0 Å². The molecule has 0 amide bonds. The number of allylic oxidation sites excluding steroid dienone is 4. The minimum absolute atomic E-state index is 0. The Hall–Kier alpha value is 0.432. The van der Waals surface area contributed by atoms with Crippen LogP contribution < -0.4 is 0 Å². The summed E-state index contributed by atoms with van der Waals surface area (Å²) in [7, 11) is 0. The second-order valence-electron chi connectivity index (χ2n) is 2.56. The molecule has 0 aromatic carbocycles. The van der Waals surface area contributed by atoms with Crippen LogP contribution in [0, 0.1) is 0 Å². The van der Waals surface area contributed by atoms with Gasteiger partial charge in [0.2, 0.25) is 0 Å². The molecule has 0 saturated carbocycles. The van der Waals surface area contributed by atoms with Crippen molar-refractivity contribution in [2.75, 3.05) is 0 Å². The van der Waals surface area contributed by atoms with Crippen LogP contribution >= 0.6 is 12.4 Å². The molecule has 2 heteroatoms. The van der Waals surface area contributed by atoms with Crippen molar-refractivity contribution in [2.45, 2.75) is 30.6 Å². The van der Waals surface area contributed by atoms with E-state index in [1.807, 2.05) is 0 Å². The molecule has 1 aliphatic carbocycles. The van der Waals surface area contributed by atoms with Crippen LogP contribution in [0.4, 0.5) is 0 Å². The number of hydrogen-bond acceptors (Lipinski definition) is 0. The van der Waals surface area contributed by atoms with Gasteiger partial charge in [-0.25, -0.2) is 0 Å². The van der Waals surface area contributed by atoms with Crippen LogP contribution in [0.15, 0.2) is 23.8 Å². The Morgan fingerprint density at radius 2 is 1.91 bits per heavy atom. The Bertz CT molecular complexity index is 150. The first-order chi connectivity index (χ1) is 4.93. The summed E-state index contributed by atoms with van der Waals surface area (Å²) in [5.74, 6) is 0. The molecule has 0 bridgehead atoms. The summed E-state index contributed by atoms with van der Waals surface area (Å²) in [5, 5.41) is 0. The molecule has 0 unspecified atom stereocenters. The van der Waals surface area contributed by atoms with E-state index < -0.39 is 0 Å². The average molecular weight is 264 g/mol. The van der Waals surface area contributed by atoms with E-state index in [1.165, 1.54) is 25.7 Å². The van der Waals surface area contributed by atoms with Gasteiger partial charge < -0.3 is 0 Å². The van der Waals surface area contributed by atoms with E-state index in [0.717, 1.165) is 4.89 Å². The fourth-order valence-corrected chi connectivity index (χ4v) is 1.59. The van der Waals surface area contributed by atoms with Gasteiger partial charge in [0.15, 0.2) is 0 Å². The summed E-state index contributed by atoms with van der Waals surface area (Å²) in [6.07, 6.45) is 11.9. The number of rotatable bonds is 1. The molecule has 0 fully saturated rings. The summed E-state index contributed by atoms with van der Waals surface area (Å²) in [6, 6.07) is 0. The predicted octanol–water partition coefficient (Wildman–Crippen LogP) is 3.43. The van der Waals surface area contributed by atoms with Crippen LogP contribution in [0.1, 0.15) is 25.7 Å². The Kier molecular flexibility index (Phi) is 7.38. The Labute approximate surface area is 86.0 Å². The molecule has 67 valence electrons. The molecule has 0 radical (unpaired) electrons. The molecule has 0 saturated heterocycles. The van der Waals surface area contributed by atoms with Gasteiger partial charge in [0, 0.05) is 0 Å². The standard InChI is InChI=1S/C9H13.ClH.Pd/c1-9-7-5-3-2-4-6-8-9;;/h2-3,8H,1,4-7H2;1H;. The molecule has 0 aliphatic heterocycles. The van der Waals surface area contributed by atoms with Gasteiger partial charge in [-0.1, -0.05) is 0 Å². The van der Waals surface area contributed by atoms with Gasteiger partial charge in [-0.3, -0.25) is 0 Å². The molecule has 11 heavy (non-hydrogen) atoms. The molecule has 1 aliphatic rings. The van der Waals surface area contributed by atoms with Crippen molar-refractivity contribution in [2.24, 2.45) is 0 Å². The molecule has 1 rings (SSSR count). The quantitative estimate of drug-likeness (QED) is 0.502. The van der Waals surface area contributed by atoms with Crippen LogP contribution in [-0.2, 0) is 19.2 Å². The van der Waals surface area contributed by atoms with Crippen LogP contribution in [0.25, 0.3) is 0 Å². The van der Waals surface area contributed by atoms with Crippen molar-refractivity contribution in [3.8, 4) is 0 Å². The van der Waals surface area contributed by atoms with Crippen LogP contribution in [-0.4, -0.2) is 0 Å². The zero-order valence-corrected chi connectivity index (χ0v) is 8.86. The second kappa shape index (κ2) is 7.10. The summed E-state index contributed by atoms with van der Waals surface area (Å²) in [4.78, 5) is 1.09. The van der Waals surface area contributed by atoms with Crippen LogP contribution in [0.2, 0.25) is 4.89 Å². The first-order valence-corrected chi connectivity index (χ1v) is 4.88. The molecular weight excluding hydrogens is 250 g/mol. The fraction of sp³-hybridized carbons (Fsp3) is 0.556. The Morgan fingerprint density at radius 1 is 1.18 bits per heavy atom. The second-order valence-corrected chi connectivity index (χ2v) is 3.11. The van der Waals surface area contributed by atoms with E-state index in [9.17, 15) is 0 Å². The third-order valence-corrected chi connectivity index (χ3v) is 2.41. The summed E-state index contributed by atoms with van der Waals surface area (Å²) < 4.78 is 0. The van der Waals surface area contributed by atoms with Gasteiger partial charge in [-0.15, -0.1) is 12.4 Å². The Balaban J connectivity index is 0.000001000. The van der Waals surface area contributed by atoms with Crippen molar-refractivity contribution in [3.63, 3.8) is 0 Å². The van der Waals surface area contributed by atoms with Gasteiger partial charge in [0.1, 0.15) is 0 Å². The predicted molar refractivity (Wildman–Crippen MR) is 47.7 cm³/mol. The average Bonchev–Trinajstić information content (AvgIpc) is 1.87. The monoisotopic (exact) mass is 263 g/mol. The number of hydrogen-bond donors (Lipinski definition) is 0. The molecule has 0 spiro atoms. The maximum absolute atomic E-state index is 3.23. The molecule has 0 heterocycles. The van der Waals surface area contributed by atoms with E-state index in [4.69, 9.17) is 0 Å². The molecule has 0 aromatic heterocycles. The third kappa shape index (κ3) is 4.80. The van der Waals surface area contributed by atoms with Crippen LogP contribution in [0.5, 0.6) is 0 Å². The van der Waals surface area contributed by atoms with Gasteiger partial charge in [0.05, 0.1) is 0 Å². The van der Waals surface area contributed by atoms with Crippen molar-refractivity contribution < 1.29 is 19.2 Å². The molecule has 0 atom stereocenters. The normalized spacial score (nSPS) is 17.8. The first kappa shape index (κ1) is 11.4. The summed E-state index contributed by atoms with van der Waals surface area (Å²) in [5.41, 5.74) is 1.58. The first-order valence-electron chi connectivity index (χ1n) is 3.78. The molecule has 0 N–H and O–H groups in total. The summed E-state index contributed by atoms with van der Waals surface area (Å²) in [6.45, 7) is 0. The van der Waals surface area contributed by atoms with Gasteiger partial charge in [-0.2, -0.15) is 0 Å². The zero-order chi connectivity index (χ0) is 7.23. The van der Waals surface area contributed by atoms with Gasteiger partial charge in [-0.05, 0) is 0 Å². The maximum atomic E-state index is 3.23. The zero-order valence-electron chi connectivity index (χ0n) is 6.49. The topological polar surface area (TPSA) is 0 Å². The molecule has 0 nitrogen and oxygen atoms in total. The van der Waals surface area contributed by atoms with Crippen molar-refractivity contribution in [1.82, 2.24) is 0 Å². The summed E-state index contributed by atoms with van der Waals surface area (Å²) >= 11 is 3.23. The van der Waals surface area contributed by atoms with E-state index in [1.54, 1.807) is 5.57 Å². The van der Waals surface area contributed by atoms with Gasteiger partial charge >= 0.3 is 73.6 Å². The van der Waals surface area contributed by atoms with E-state index in [2.05, 4.69) is 37.4 Å². The third-order valence-electron chi connectivity index (χ3n) is 1.71. The van der Waals surface area contributed by atoms with E-state index in [-0.39, 0.29) is 12.4 Å². The van der Waals surface area contributed by atoms with Crippen molar-refractivity contribution in [1.29, 1.82) is 0 Å². The van der Waals surface area contributed by atoms with E-state index >= 15 is 0 Å². The van der Waals surface area contributed by atoms with Gasteiger partial charge in [0.25, 0.3) is 0 Å². The molecular formula is C9H14ClPd. The van der Waals surface area contributed by atoms with Crippen molar-refractivity contribution in [3.05, 3.63) is 23.8 Å². The van der Waals surface area contributed by atoms with Crippen molar-refractivity contribution >= 4 is 12.4 Å². The number of halogens is 1.